The molecule has 0 radical (unpaired) electrons. The number of hydrogen-bond donors (Lipinski definition) is 2. The first-order valence-electron chi connectivity index (χ1n) is 10.3. The Bertz CT molecular complexity index is 1240. The fourth-order valence-corrected chi connectivity index (χ4v) is 5.56. The highest BCUT2D eigenvalue weighted by Crippen LogP contribution is 2.32. The van der Waals surface area contributed by atoms with Crippen LogP contribution in [0.3, 0.4) is 0 Å². The number of anilines is 3. The summed E-state index contributed by atoms with van der Waals surface area (Å²) in [7, 11) is -2.04. The molecule has 0 unspecified atom stereocenters. The van der Waals surface area contributed by atoms with Crippen LogP contribution in [0.5, 0.6) is 5.75 Å². The minimum Gasteiger partial charge on any atom is -0.495 e. The zero-order chi connectivity index (χ0) is 22.7. The van der Waals surface area contributed by atoms with E-state index in [4.69, 9.17) is 17.0 Å². The predicted octanol–water partition coefficient (Wildman–Crippen LogP) is 4.95. The summed E-state index contributed by atoms with van der Waals surface area (Å²) in [4.78, 5) is 0.249. The van der Waals surface area contributed by atoms with E-state index >= 15 is 0 Å². The van der Waals surface area contributed by atoms with E-state index in [0.717, 1.165) is 35.3 Å². The molecule has 0 fully saturated rings. The lowest BCUT2D eigenvalue weighted by atomic mass is 10.0. The standard InChI is InChI=1S/C24H25N3O3S2/c1-17-9-14-23(30-2)21(16-17)26-24(31)25-19-10-12-20(13-11-19)32(28,29)27-15-5-7-18-6-3-4-8-22(18)27/h3-4,6,8-14,16H,5,7,15H2,1-2H3,(H2,25,26,31). The van der Waals surface area contributed by atoms with Gasteiger partial charge in [0.1, 0.15) is 5.75 Å². The number of nitrogens with one attached hydrogen (secondary N) is 2. The zero-order valence-electron chi connectivity index (χ0n) is 18.0. The molecule has 0 atom stereocenters. The molecule has 0 saturated carbocycles. The molecule has 6 nitrogen and oxygen atoms in total. The number of fused-ring (bicyclic) bond motifs is 1. The van der Waals surface area contributed by atoms with Crippen molar-refractivity contribution in [2.45, 2.75) is 24.7 Å². The van der Waals surface area contributed by atoms with E-state index in [-0.39, 0.29) is 4.90 Å². The molecule has 3 aromatic rings. The number of aryl methyl sites for hydroxylation is 2. The fourth-order valence-electron chi connectivity index (χ4n) is 3.79. The number of benzene rings is 3. The number of hydrogen-bond acceptors (Lipinski definition) is 4. The van der Waals surface area contributed by atoms with Crippen molar-refractivity contribution in [2.75, 3.05) is 28.6 Å². The third kappa shape index (κ3) is 4.56. The minimum absolute atomic E-state index is 0.249. The van der Waals surface area contributed by atoms with Crippen molar-refractivity contribution in [1.29, 1.82) is 0 Å². The van der Waals surface area contributed by atoms with Crippen molar-refractivity contribution in [3.63, 3.8) is 0 Å². The number of thiocarbonyl (C=S) groups is 1. The molecule has 8 heteroatoms. The molecule has 0 aliphatic carbocycles. The Morgan fingerprint density at radius 3 is 2.53 bits per heavy atom. The van der Waals surface area contributed by atoms with Gasteiger partial charge < -0.3 is 15.4 Å². The minimum atomic E-state index is -3.64. The number of para-hydroxylation sites is 1. The van der Waals surface area contributed by atoms with Crippen LogP contribution in [0.15, 0.2) is 71.6 Å². The van der Waals surface area contributed by atoms with E-state index in [1.54, 1.807) is 31.4 Å². The molecule has 32 heavy (non-hydrogen) atoms. The van der Waals surface area contributed by atoms with Gasteiger partial charge in [-0.2, -0.15) is 0 Å². The van der Waals surface area contributed by atoms with Gasteiger partial charge in [-0.15, -0.1) is 0 Å². The zero-order valence-corrected chi connectivity index (χ0v) is 19.6. The van der Waals surface area contributed by atoms with E-state index in [1.807, 2.05) is 49.4 Å². The molecule has 1 aliphatic rings. The van der Waals surface area contributed by atoms with Crippen LogP contribution < -0.4 is 19.7 Å². The Labute approximate surface area is 194 Å². The van der Waals surface area contributed by atoms with E-state index in [0.29, 0.717) is 23.1 Å². The SMILES string of the molecule is COc1ccc(C)cc1NC(=S)Nc1ccc(S(=O)(=O)N2CCCc3ccccc32)cc1. The molecule has 2 N–H and O–H groups in total. The van der Waals surface area contributed by atoms with Crippen LogP contribution in [-0.4, -0.2) is 27.2 Å². The third-order valence-electron chi connectivity index (χ3n) is 5.37. The van der Waals surface area contributed by atoms with Gasteiger partial charge in [-0.1, -0.05) is 24.3 Å². The van der Waals surface area contributed by atoms with Crippen LogP contribution in [0.1, 0.15) is 17.5 Å². The number of sulfonamides is 1. The molecule has 0 amide bonds. The third-order valence-corrected chi connectivity index (χ3v) is 7.40. The molecule has 3 aromatic carbocycles. The van der Waals surface area contributed by atoms with Crippen LogP contribution in [-0.2, 0) is 16.4 Å². The number of methoxy groups -OCH3 is 1. The van der Waals surface area contributed by atoms with Gasteiger partial charge >= 0.3 is 0 Å². The maximum atomic E-state index is 13.3. The van der Waals surface area contributed by atoms with Gasteiger partial charge in [0, 0.05) is 12.2 Å². The quantitative estimate of drug-likeness (QED) is 0.517. The highest BCUT2D eigenvalue weighted by Gasteiger charge is 2.28. The summed E-state index contributed by atoms with van der Waals surface area (Å²) in [6.45, 7) is 2.46. The first-order valence-corrected chi connectivity index (χ1v) is 12.2. The molecule has 0 bridgehead atoms. The topological polar surface area (TPSA) is 70.7 Å². The van der Waals surface area contributed by atoms with Crippen molar-refractivity contribution in [3.05, 3.63) is 77.9 Å². The maximum absolute atomic E-state index is 13.3. The Kier molecular flexibility index (Phi) is 6.34. The highest BCUT2D eigenvalue weighted by atomic mass is 32.2. The molecule has 0 aromatic heterocycles. The second-order valence-corrected chi connectivity index (χ2v) is 9.89. The first kappa shape index (κ1) is 22.1. The molecule has 1 aliphatic heterocycles. The smallest absolute Gasteiger partial charge is 0.264 e. The largest absolute Gasteiger partial charge is 0.495 e. The van der Waals surface area contributed by atoms with Gasteiger partial charge in [0.15, 0.2) is 5.11 Å². The summed E-state index contributed by atoms with van der Waals surface area (Å²) in [5, 5.41) is 6.60. The summed E-state index contributed by atoms with van der Waals surface area (Å²) < 4.78 is 33.4. The van der Waals surface area contributed by atoms with E-state index in [1.165, 1.54) is 4.31 Å². The monoisotopic (exact) mass is 467 g/mol. The predicted molar refractivity (Wildman–Crippen MR) is 133 cm³/mol. The summed E-state index contributed by atoms with van der Waals surface area (Å²) in [5.41, 5.74) is 4.34. The second kappa shape index (κ2) is 9.18. The van der Waals surface area contributed by atoms with Gasteiger partial charge in [0.2, 0.25) is 0 Å². The average Bonchev–Trinajstić information content (AvgIpc) is 2.79. The van der Waals surface area contributed by atoms with Gasteiger partial charge in [0.05, 0.1) is 23.4 Å². The fraction of sp³-hybridized carbons (Fsp3) is 0.208. The number of rotatable bonds is 5. The van der Waals surface area contributed by atoms with Gasteiger partial charge in [-0.3, -0.25) is 4.31 Å². The van der Waals surface area contributed by atoms with E-state index in [9.17, 15) is 8.42 Å². The molecule has 0 saturated heterocycles. The summed E-state index contributed by atoms with van der Waals surface area (Å²) in [6.07, 6.45) is 1.69. The average molecular weight is 468 g/mol. The van der Waals surface area contributed by atoms with Crippen LogP contribution in [0.4, 0.5) is 17.1 Å². The lowest BCUT2D eigenvalue weighted by Crippen LogP contribution is -2.35. The van der Waals surface area contributed by atoms with Crippen LogP contribution in [0.2, 0.25) is 0 Å². The number of ether oxygens (including phenoxy) is 1. The maximum Gasteiger partial charge on any atom is 0.264 e. The normalized spacial score (nSPS) is 13.2. The van der Waals surface area contributed by atoms with Crippen LogP contribution in [0, 0.1) is 6.92 Å². The summed E-state index contributed by atoms with van der Waals surface area (Å²) in [5.74, 6) is 0.683. The van der Waals surface area contributed by atoms with Gasteiger partial charge in [-0.25, -0.2) is 8.42 Å². The Hall–Kier alpha value is -3.10. The number of nitrogens with zero attached hydrogens (tertiary/aromatic N) is 1. The Balaban J connectivity index is 1.49. The van der Waals surface area contributed by atoms with Gasteiger partial charge in [-0.05, 0) is 85.6 Å². The van der Waals surface area contributed by atoms with Crippen molar-refractivity contribution >= 4 is 44.4 Å². The molecule has 166 valence electrons. The second-order valence-electron chi connectivity index (χ2n) is 7.62. The van der Waals surface area contributed by atoms with E-state index < -0.39 is 10.0 Å². The van der Waals surface area contributed by atoms with Crippen LogP contribution in [0.25, 0.3) is 0 Å². The van der Waals surface area contributed by atoms with Crippen LogP contribution >= 0.6 is 12.2 Å². The Morgan fingerprint density at radius 1 is 1.03 bits per heavy atom. The molecule has 4 rings (SSSR count). The first-order chi connectivity index (χ1) is 15.4. The molecule has 0 spiro atoms. The Morgan fingerprint density at radius 2 is 1.78 bits per heavy atom. The van der Waals surface area contributed by atoms with Crippen molar-refractivity contribution < 1.29 is 13.2 Å². The molecular weight excluding hydrogens is 442 g/mol. The summed E-state index contributed by atoms with van der Waals surface area (Å²) in [6, 6.07) is 20.1. The van der Waals surface area contributed by atoms with E-state index in [2.05, 4.69) is 10.6 Å². The van der Waals surface area contributed by atoms with Gasteiger partial charge in [0.25, 0.3) is 10.0 Å². The lowest BCUT2D eigenvalue weighted by Gasteiger charge is -2.30. The van der Waals surface area contributed by atoms with Crippen molar-refractivity contribution in [2.24, 2.45) is 0 Å². The van der Waals surface area contributed by atoms with Crippen molar-refractivity contribution in [3.8, 4) is 5.75 Å². The lowest BCUT2D eigenvalue weighted by molar-refractivity contribution is 0.417. The van der Waals surface area contributed by atoms with Crippen molar-refractivity contribution in [1.82, 2.24) is 0 Å². The molecular formula is C24H25N3O3S2. The molecule has 1 heterocycles. The summed E-state index contributed by atoms with van der Waals surface area (Å²) >= 11 is 5.42. The highest BCUT2D eigenvalue weighted by molar-refractivity contribution is 7.92.